The monoisotopic (exact) mass is 534 g/mol. The lowest BCUT2D eigenvalue weighted by atomic mass is 10.2. The first kappa shape index (κ1) is 21.5. The minimum atomic E-state index is -0.195. The van der Waals surface area contributed by atoms with Crippen LogP contribution in [-0.2, 0) is 4.79 Å². The number of hydrogen-bond donors (Lipinski definition) is 1. The van der Waals surface area contributed by atoms with Gasteiger partial charge in [-0.15, -0.1) is 6.42 Å². The van der Waals surface area contributed by atoms with Gasteiger partial charge in [0.2, 0.25) is 0 Å². The van der Waals surface area contributed by atoms with Crippen LogP contribution in [-0.4, -0.2) is 24.3 Å². The third kappa shape index (κ3) is 5.66. The van der Waals surface area contributed by atoms with Gasteiger partial charge in [-0.1, -0.05) is 5.92 Å². The van der Waals surface area contributed by atoms with Crippen molar-refractivity contribution in [3.8, 4) is 23.8 Å². The number of terminal acetylenes is 1. The van der Waals surface area contributed by atoms with Crippen LogP contribution in [0.4, 0.5) is 5.69 Å². The third-order valence-electron chi connectivity index (χ3n) is 3.65. The molecule has 0 radical (unpaired) electrons. The number of carbonyl (C=O) groups is 1. The molecular weight excluding hydrogens is 520 g/mol. The molecule has 148 valence electrons. The highest BCUT2D eigenvalue weighted by molar-refractivity contribution is 9.11. The maximum absolute atomic E-state index is 12.3. The van der Waals surface area contributed by atoms with E-state index in [1.165, 1.54) is 11.8 Å². The summed E-state index contributed by atoms with van der Waals surface area (Å²) in [4.78, 5) is 17.4. The van der Waals surface area contributed by atoms with Crippen molar-refractivity contribution in [1.82, 2.24) is 5.32 Å². The molecule has 1 fully saturated rings. The van der Waals surface area contributed by atoms with E-state index in [0.717, 1.165) is 25.9 Å². The molecule has 0 bridgehead atoms. The Bertz CT molecular complexity index is 1000. The van der Waals surface area contributed by atoms with Crippen LogP contribution in [0.1, 0.15) is 12.5 Å². The molecule has 0 spiro atoms. The van der Waals surface area contributed by atoms with E-state index in [1.807, 2.05) is 43.3 Å². The molecule has 5 nitrogen and oxygen atoms in total. The maximum atomic E-state index is 12.3. The van der Waals surface area contributed by atoms with E-state index in [9.17, 15) is 4.79 Å². The lowest BCUT2D eigenvalue weighted by molar-refractivity contribution is -0.115. The highest BCUT2D eigenvalue weighted by Gasteiger charge is 2.24. The molecule has 1 amide bonds. The second-order valence-electron chi connectivity index (χ2n) is 5.72. The van der Waals surface area contributed by atoms with Crippen LogP contribution in [0.5, 0.6) is 11.5 Å². The number of amides is 1. The Kier molecular flexibility index (Phi) is 7.42. The summed E-state index contributed by atoms with van der Waals surface area (Å²) >= 11 is 8.23. The second kappa shape index (κ2) is 10.0. The van der Waals surface area contributed by atoms with Gasteiger partial charge in [-0.25, -0.2) is 4.99 Å². The first-order valence-corrected chi connectivity index (χ1v) is 11.0. The van der Waals surface area contributed by atoms with Crippen molar-refractivity contribution in [2.45, 2.75) is 6.92 Å². The van der Waals surface area contributed by atoms with Gasteiger partial charge < -0.3 is 14.8 Å². The maximum Gasteiger partial charge on any atom is 0.264 e. The minimum Gasteiger partial charge on any atom is -0.494 e. The highest BCUT2D eigenvalue weighted by Crippen LogP contribution is 2.36. The standard InChI is InChI=1S/C21H16Br2N2O3S/c1-3-9-28-19-16(22)10-13(11-17(19)23)12-18-20(26)25-21(29-18)24-14-5-7-15(8-6-14)27-4-2/h1,5-8,10-12H,4,9H2,2H3,(H,24,25,26)/b18-12+. The number of rotatable bonds is 6. The zero-order valence-corrected chi connectivity index (χ0v) is 19.4. The van der Waals surface area contributed by atoms with Crippen molar-refractivity contribution in [1.29, 1.82) is 0 Å². The summed E-state index contributed by atoms with van der Waals surface area (Å²) in [5.74, 6) is 3.64. The number of hydrogen-bond acceptors (Lipinski definition) is 5. The predicted molar refractivity (Wildman–Crippen MR) is 125 cm³/mol. The van der Waals surface area contributed by atoms with Crippen LogP contribution in [0, 0.1) is 12.3 Å². The third-order valence-corrected chi connectivity index (χ3v) is 5.74. The number of ether oxygens (including phenoxy) is 2. The van der Waals surface area contributed by atoms with Gasteiger partial charge in [0.25, 0.3) is 5.91 Å². The lowest BCUT2D eigenvalue weighted by Gasteiger charge is -2.09. The van der Waals surface area contributed by atoms with Gasteiger partial charge in [-0.05, 0) is 98.6 Å². The van der Waals surface area contributed by atoms with Crippen LogP contribution < -0.4 is 14.8 Å². The second-order valence-corrected chi connectivity index (χ2v) is 8.45. The van der Waals surface area contributed by atoms with Gasteiger partial charge >= 0.3 is 0 Å². The molecule has 0 aromatic heterocycles. The van der Waals surface area contributed by atoms with Crippen molar-refractivity contribution >= 4 is 66.5 Å². The van der Waals surface area contributed by atoms with Crippen LogP contribution >= 0.6 is 43.6 Å². The van der Waals surface area contributed by atoms with Gasteiger partial charge in [0.1, 0.15) is 18.1 Å². The Balaban J connectivity index is 1.78. The molecule has 1 aliphatic rings. The fraction of sp³-hybridized carbons (Fsp3) is 0.143. The summed E-state index contributed by atoms with van der Waals surface area (Å²) in [6.45, 7) is 2.71. The Labute approximate surface area is 190 Å². The van der Waals surface area contributed by atoms with E-state index >= 15 is 0 Å². The largest absolute Gasteiger partial charge is 0.494 e. The molecule has 1 saturated heterocycles. The quantitative estimate of drug-likeness (QED) is 0.391. The Morgan fingerprint density at radius 3 is 2.52 bits per heavy atom. The van der Waals surface area contributed by atoms with Gasteiger partial charge in [-0.3, -0.25) is 4.79 Å². The van der Waals surface area contributed by atoms with E-state index < -0.39 is 0 Å². The van der Waals surface area contributed by atoms with E-state index in [2.05, 4.69) is 48.1 Å². The summed E-state index contributed by atoms with van der Waals surface area (Å²) in [5.41, 5.74) is 1.56. The van der Waals surface area contributed by atoms with Crippen LogP contribution in [0.25, 0.3) is 6.08 Å². The summed E-state index contributed by atoms with van der Waals surface area (Å²) in [6.07, 6.45) is 7.03. The van der Waals surface area contributed by atoms with Crippen molar-refractivity contribution in [3.63, 3.8) is 0 Å². The van der Waals surface area contributed by atoms with Gasteiger partial charge in [0.05, 0.1) is 26.1 Å². The summed E-state index contributed by atoms with van der Waals surface area (Å²) in [6, 6.07) is 11.1. The summed E-state index contributed by atoms with van der Waals surface area (Å²) in [7, 11) is 0. The number of nitrogens with zero attached hydrogens (tertiary/aromatic N) is 1. The molecule has 0 aliphatic carbocycles. The number of nitrogens with one attached hydrogen (secondary N) is 1. The summed E-state index contributed by atoms with van der Waals surface area (Å²) < 4.78 is 12.4. The van der Waals surface area contributed by atoms with Crippen LogP contribution in [0.3, 0.4) is 0 Å². The number of thioether (sulfide) groups is 1. The molecule has 29 heavy (non-hydrogen) atoms. The zero-order valence-electron chi connectivity index (χ0n) is 15.4. The van der Waals surface area contributed by atoms with Gasteiger partial charge in [-0.2, -0.15) is 0 Å². The zero-order chi connectivity index (χ0) is 20.8. The number of halogens is 2. The number of aliphatic imine (C=N–C) groups is 1. The molecular formula is C21H16Br2N2O3S. The number of carbonyl (C=O) groups excluding carboxylic acids is 1. The van der Waals surface area contributed by atoms with E-state index in [0.29, 0.717) is 22.4 Å². The van der Waals surface area contributed by atoms with Gasteiger partial charge in [0, 0.05) is 0 Å². The minimum absolute atomic E-state index is 0.168. The van der Waals surface area contributed by atoms with Crippen molar-refractivity contribution in [3.05, 3.63) is 55.8 Å². The molecule has 8 heteroatoms. The molecule has 1 N–H and O–H groups in total. The fourth-order valence-electron chi connectivity index (χ4n) is 2.45. The van der Waals surface area contributed by atoms with Crippen LogP contribution in [0.2, 0.25) is 0 Å². The first-order chi connectivity index (χ1) is 14.0. The Morgan fingerprint density at radius 1 is 1.21 bits per heavy atom. The van der Waals surface area contributed by atoms with E-state index in [-0.39, 0.29) is 12.5 Å². The highest BCUT2D eigenvalue weighted by atomic mass is 79.9. The molecule has 1 aliphatic heterocycles. The van der Waals surface area contributed by atoms with Crippen molar-refractivity contribution in [2.75, 3.05) is 13.2 Å². The van der Waals surface area contributed by atoms with E-state index in [4.69, 9.17) is 15.9 Å². The predicted octanol–water partition coefficient (Wildman–Crippen LogP) is 5.51. The molecule has 1 heterocycles. The average Bonchev–Trinajstić information content (AvgIpc) is 3.02. The SMILES string of the molecule is C#CCOc1c(Br)cc(/C=C2/SC(=Nc3ccc(OCC)cc3)NC2=O)cc1Br. The Morgan fingerprint density at radius 2 is 1.90 bits per heavy atom. The molecule has 3 rings (SSSR count). The molecule has 0 saturated carbocycles. The lowest BCUT2D eigenvalue weighted by Crippen LogP contribution is -2.19. The van der Waals surface area contributed by atoms with E-state index in [1.54, 1.807) is 6.08 Å². The number of amidine groups is 1. The molecule has 2 aromatic rings. The average molecular weight is 536 g/mol. The van der Waals surface area contributed by atoms with Crippen LogP contribution in [0.15, 0.2) is 55.2 Å². The molecule has 0 unspecified atom stereocenters. The Hall–Kier alpha value is -2.21. The number of benzene rings is 2. The topological polar surface area (TPSA) is 59.9 Å². The molecule has 0 atom stereocenters. The molecule has 2 aromatic carbocycles. The van der Waals surface area contributed by atoms with Crippen molar-refractivity contribution < 1.29 is 14.3 Å². The van der Waals surface area contributed by atoms with Crippen molar-refractivity contribution in [2.24, 2.45) is 4.99 Å². The summed E-state index contributed by atoms with van der Waals surface area (Å²) in [5, 5.41) is 3.31. The van der Waals surface area contributed by atoms with Gasteiger partial charge in [0.15, 0.2) is 5.17 Å². The smallest absolute Gasteiger partial charge is 0.264 e. The first-order valence-electron chi connectivity index (χ1n) is 8.58. The fourth-order valence-corrected chi connectivity index (χ4v) is 4.74. The normalized spacial score (nSPS) is 16.0.